The van der Waals surface area contributed by atoms with Crippen molar-refractivity contribution < 1.29 is 9.13 Å². The number of nitrogen functional groups attached to an aromatic ring is 1. The molecular formula is C11H10BrFN2OS. The van der Waals surface area contributed by atoms with Crippen LogP contribution < -0.4 is 10.5 Å². The number of hydrogen-bond acceptors (Lipinski definition) is 4. The van der Waals surface area contributed by atoms with E-state index in [1.54, 1.807) is 0 Å². The Morgan fingerprint density at radius 1 is 1.41 bits per heavy atom. The highest BCUT2D eigenvalue weighted by Gasteiger charge is 2.11. The van der Waals surface area contributed by atoms with E-state index in [0.717, 1.165) is 10.6 Å². The zero-order valence-electron chi connectivity index (χ0n) is 9.25. The molecule has 3 nitrogen and oxygen atoms in total. The topological polar surface area (TPSA) is 48.1 Å². The van der Waals surface area contributed by atoms with Crippen molar-refractivity contribution in [3.05, 3.63) is 33.0 Å². The molecule has 0 saturated heterocycles. The third-order valence-electron chi connectivity index (χ3n) is 2.26. The number of ether oxygens (including phenoxy) is 1. The van der Waals surface area contributed by atoms with Gasteiger partial charge in [-0.3, -0.25) is 0 Å². The molecule has 0 bridgehead atoms. The largest absolute Gasteiger partial charge is 0.429 e. The van der Waals surface area contributed by atoms with Crippen molar-refractivity contribution in [1.82, 2.24) is 4.98 Å². The fraction of sp³-hybridized carbons (Fsp3) is 0.182. The summed E-state index contributed by atoms with van der Waals surface area (Å²) in [4.78, 5) is 5.27. The highest BCUT2D eigenvalue weighted by Crippen LogP contribution is 2.34. The highest BCUT2D eigenvalue weighted by atomic mass is 79.9. The zero-order valence-corrected chi connectivity index (χ0v) is 11.7. The molecule has 0 aliphatic rings. The quantitative estimate of drug-likeness (QED) is 0.851. The molecular weight excluding hydrogens is 307 g/mol. The number of nitrogens with two attached hydrogens (primary N) is 1. The highest BCUT2D eigenvalue weighted by molar-refractivity contribution is 9.10. The molecule has 90 valence electrons. The molecule has 2 N–H and O–H groups in total. The number of anilines is 1. The van der Waals surface area contributed by atoms with Gasteiger partial charge < -0.3 is 10.5 Å². The first-order chi connectivity index (χ1) is 7.97. The lowest BCUT2D eigenvalue weighted by Crippen LogP contribution is -1.93. The minimum absolute atomic E-state index is 0.277. The van der Waals surface area contributed by atoms with E-state index < -0.39 is 5.82 Å². The van der Waals surface area contributed by atoms with E-state index in [-0.39, 0.29) is 5.75 Å². The van der Waals surface area contributed by atoms with Gasteiger partial charge in [-0.05, 0) is 35.8 Å². The van der Waals surface area contributed by atoms with Crippen LogP contribution in [0.25, 0.3) is 0 Å². The van der Waals surface area contributed by atoms with E-state index in [2.05, 4.69) is 20.9 Å². The Morgan fingerprint density at radius 3 is 2.71 bits per heavy atom. The van der Waals surface area contributed by atoms with Crippen LogP contribution in [0.3, 0.4) is 0 Å². The van der Waals surface area contributed by atoms with Crippen molar-refractivity contribution in [2.45, 2.75) is 13.8 Å². The van der Waals surface area contributed by atoms with Gasteiger partial charge in [-0.1, -0.05) is 11.3 Å². The second-order valence-electron chi connectivity index (χ2n) is 3.53. The molecule has 0 fully saturated rings. The first-order valence-electron chi connectivity index (χ1n) is 4.84. The summed E-state index contributed by atoms with van der Waals surface area (Å²) >= 11 is 4.46. The van der Waals surface area contributed by atoms with Crippen LogP contribution in [-0.2, 0) is 0 Å². The number of aryl methyl sites for hydroxylation is 2. The van der Waals surface area contributed by atoms with Gasteiger partial charge in [0.2, 0.25) is 0 Å². The molecule has 0 aliphatic heterocycles. The molecule has 0 radical (unpaired) electrons. The van der Waals surface area contributed by atoms with Crippen molar-refractivity contribution in [2.75, 3.05) is 5.73 Å². The Morgan fingerprint density at radius 2 is 2.12 bits per heavy atom. The normalized spacial score (nSPS) is 10.6. The van der Waals surface area contributed by atoms with E-state index in [0.29, 0.717) is 15.4 Å². The molecule has 1 aromatic heterocycles. The molecule has 0 spiro atoms. The second-order valence-corrected chi connectivity index (χ2v) is 5.55. The number of benzene rings is 1. The van der Waals surface area contributed by atoms with Crippen molar-refractivity contribution in [1.29, 1.82) is 0 Å². The lowest BCUT2D eigenvalue weighted by atomic mass is 10.3. The van der Waals surface area contributed by atoms with Gasteiger partial charge in [0.05, 0.1) is 15.9 Å². The number of halogens is 2. The molecule has 0 atom stereocenters. The summed E-state index contributed by atoms with van der Waals surface area (Å²) in [5, 5.41) is 0.466. The third-order valence-corrected chi connectivity index (χ3v) is 3.82. The molecule has 2 aromatic rings. The Bertz CT molecular complexity index is 551. The maximum atomic E-state index is 13.3. The lowest BCUT2D eigenvalue weighted by molar-refractivity contribution is 0.474. The Labute approximate surface area is 111 Å². The molecule has 1 aromatic carbocycles. The van der Waals surface area contributed by atoms with Gasteiger partial charge in [0, 0.05) is 10.9 Å². The summed E-state index contributed by atoms with van der Waals surface area (Å²) in [6, 6.07) is 2.71. The van der Waals surface area contributed by atoms with Gasteiger partial charge in [-0.15, -0.1) is 0 Å². The van der Waals surface area contributed by atoms with Crippen LogP contribution in [0.15, 0.2) is 16.6 Å². The summed E-state index contributed by atoms with van der Waals surface area (Å²) in [5.74, 6) is -0.140. The van der Waals surface area contributed by atoms with E-state index in [9.17, 15) is 4.39 Å². The van der Waals surface area contributed by atoms with E-state index in [1.165, 1.54) is 23.5 Å². The number of nitrogens with zero attached hydrogens (tertiary/aromatic N) is 1. The lowest BCUT2D eigenvalue weighted by Gasteiger charge is -2.06. The predicted molar refractivity (Wildman–Crippen MR) is 70.2 cm³/mol. The molecule has 0 amide bonds. The second kappa shape index (κ2) is 4.62. The van der Waals surface area contributed by atoms with Gasteiger partial charge in [-0.25, -0.2) is 9.37 Å². The van der Waals surface area contributed by atoms with Crippen molar-refractivity contribution in [3.63, 3.8) is 0 Å². The van der Waals surface area contributed by atoms with Gasteiger partial charge >= 0.3 is 0 Å². The number of hydrogen-bond donors (Lipinski definition) is 1. The zero-order chi connectivity index (χ0) is 12.6. The molecule has 2 rings (SSSR count). The van der Waals surface area contributed by atoms with Crippen LogP contribution in [0.2, 0.25) is 0 Å². The predicted octanol–water partition coefficient (Wildman–Crippen LogP) is 4.04. The standard InChI is InChI=1S/C11H10BrFN2OS/c1-5-6(2)17-11(15-5)16-10-4-8(13)7(12)3-9(10)14/h3-4H,14H2,1-2H3. The van der Waals surface area contributed by atoms with Crippen LogP contribution >= 0.6 is 27.3 Å². The van der Waals surface area contributed by atoms with Crippen LogP contribution in [-0.4, -0.2) is 4.98 Å². The molecule has 17 heavy (non-hydrogen) atoms. The van der Waals surface area contributed by atoms with Gasteiger partial charge in [0.25, 0.3) is 5.19 Å². The summed E-state index contributed by atoms with van der Waals surface area (Å²) < 4.78 is 19.1. The minimum Gasteiger partial charge on any atom is -0.429 e. The third kappa shape index (κ3) is 2.58. The van der Waals surface area contributed by atoms with Gasteiger partial charge in [0.15, 0.2) is 5.75 Å². The first-order valence-corrected chi connectivity index (χ1v) is 6.44. The van der Waals surface area contributed by atoms with Crippen molar-refractivity contribution >= 4 is 33.0 Å². The molecule has 0 unspecified atom stereocenters. The molecule has 6 heteroatoms. The number of aromatic nitrogens is 1. The SMILES string of the molecule is Cc1nc(Oc2cc(F)c(Br)cc2N)sc1C. The molecule has 1 heterocycles. The Hall–Kier alpha value is -1.14. The average Bonchev–Trinajstić information content (AvgIpc) is 2.55. The summed E-state index contributed by atoms with van der Waals surface area (Å²) in [5.41, 5.74) is 7.01. The summed E-state index contributed by atoms with van der Waals surface area (Å²) in [6.07, 6.45) is 0. The van der Waals surface area contributed by atoms with Crippen LogP contribution in [0.4, 0.5) is 10.1 Å². The number of thiazole rings is 1. The Kier molecular flexibility index (Phi) is 3.35. The minimum atomic E-state index is -0.417. The first kappa shape index (κ1) is 12.3. The average molecular weight is 317 g/mol. The number of rotatable bonds is 2. The van der Waals surface area contributed by atoms with E-state index in [4.69, 9.17) is 10.5 Å². The van der Waals surface area contributed by atoms with Gasteiger partial charge in [0.1, 0.15) is 5.82 Å². The fourth-order valence-corrected chi connectivity index (χ4v) is 2.34. The van der Waals surface area contributed by atoms with Crippen molar-refractivity contribution in [2.24, 2.45) is 0 Å². The van der Waals surface area contributed by atoms with Crippen LogP contribution in [0, 0.1) is 19.7 Å². The van der Waals surface area contributed by atoms with E-state index >= 15 is 0 Å². The van der Waals surface area contributed by atoms with Crippen molar-refractivity contribution in [3.8, 4) is 10.9 Å². The van der Waals surface area contributed by atoms with Gasteiger partial charge in [-0.2, -0.15) is 0 Å². The summed E-state index contributed by atoms with van der Waals surface area (Å²) in [7, 11) is 0. The van der Waals surface area contributed by atoms with Crippen LogP contribution in [0.1, 0.15) is 10.6 Å². The Balaban J connectivity index is 2.33. The van der Waals surface area contributed by atoms with Crippen LogP contribution in [0.5, 0.6) is 10.9 Å². The summed E-state index contributed by atoms with van der Waals surface area (Å²) in [6.45, 7) is 3.84. The maximum Gasteiger partial charge on any atom is 0.279 e. The smallest absolute Gasteiger partial charge is 0.279 e. The molecule has 0 saturated carbocycles. The molecule has 0 aliphatic carbocycles. The van der Waals surface area contributed by atoms with E-state index in [1.807, 2.05) is 13.8 Å². The maximum absolute atomic E-state index is 13.3. The fourth-order valence-electron chi connectivity index (χ4n) is 1.21. The monoisotopic (exact) mass is 316 g/mol.